The Morgan fingerprint density at radius 1 is 1.08 bits per heavy atom. The SMILES string of the molecule is Brc1cccc(Br)c1-n1cccn1. The zero-order chi connectivity index (χ0) is 9.26. The van der Waals surface area contributed by atoms with Gasteiger partial charge in [0.25, 0.3) is 0 Å². The Morgan fingerprint density at radius 2 is 1.77 bits per heavy atom. The molecule has 2 nitrogen and oxygen atoms in total. The van der Waals surface area contributed by atoms with Crippen LogP contribution in [0, 0.1) is 0 Å². The lowest BCUT2D eigenvalue weighted by atomic mass is 10.3. The average molecular weight is 302 g/mol. The number of rotatable bonds is 1. The second-order valence-electron chi connectivity index (χ2n) is 2.52. The van der Waals surface area contributed by atoms with E-state index in [2.05, 4.69) is 37.0 Å². The molecule has 0 atom stereocenters. The van der Waals surface area contributed by atoms with E-state index in [4.69, 9.17) is 0 Å². The minimum Gasteiger partial charge on any atom is -0.239 e. The van der Waals surface area contributed by atoms with Crippen molar-refractivity contribution in [2.24, 2.45) is 0 Å². The number of halogens is 2. The van der Waals surface area contributed by atoms with E-state index in [0.29, 0.717) is 0 Å². The van der Waals surface area contributed by atoms with E-state index in [-0.39, 0.29) is 0 Å². The van der Waals surface area contributed by atoms with Crippen molar-refractivity contribution in [3.63, 3.8) is 0 Å². The molecule has 0 radical (unpaired) electrons. The lowest BCUT2D eigenvalue weighted by Gasteiger charge is -2.06. The van der Waals surface area contributed by atoms with Gasteiger partial charge in [-0.15, -0.1) is 0 Å². The molecule has 0 amide bonds. The molecule has 0 saturated heterocycles. The Kier molecular flexibility index (Phi) is 2.51. The van der Waals surface area contributed by atoms with Crippen LogP contribution in [0.15, 0.2) is 45.6 Å². The van der Waals surface area contributed by atoms with Gasteiger partial charge in [0.2, 0.25) is 0 Å². The summed E-state index contributed by atoms with van der Waals surface area (Å²) in [6.45, 7) is 0. The number of nitrogens with zero attached hydrogens (tertiary/aromatic N) is 2. The summed E-state index contributed by atoms with van der Waals surface area (Å²) >= 11 is 6.96. The van der Waals surface area contributed by atoms with E-state index in [9.17, 15) is 0 Å². The highest BCUT2D eigenvalue weighted by atomic mass is 79.9. The Labute approximate surface area is 92.8 Å². The maximum absolute atomic E-state index is 4.16. The van der Waals surface area contributed by atoms with Crippen LogP contribution in [-0.2, 0) is 0 Å². The summed E-state index contributed by atoms with van der Waals surface area (Å²) in [7, 11) is 0. The normalized spacial score (nSPS) is 10.3. The third-order valence-corrected chi connectivity index (χ3v) is 2.95. The van der Waals surface area contributed by atoms with Crippen LogP contribution in [0.3, 0.4) is 0 Å². The predicted molar refractivity (Wildman–Crippen MR) is 59.0 cm³/mol. The predicted octanol–water partition coefficient (Wildman–Crippen LogP) is 3.40. The van der Waals surface area contributed by atoms with E-state index < -0.39 is 0 Å². The third-order valence-electron chi connectivity index (χ3n) is 1.67. The summed E-state index contributed by atoms with van der Waals surface area (Å²) in [4.78, 5) is 0. The van der Waals surface area contributed by atoms with Crippen LogP contribution in [0.25, 0.3) is 5.69 Å². The molecule has 0 aliphatic rings. The van der Waals surface area contributed by atoms with Crippen molar-refractivity contribution in [3.8, 4) is 5.69 Å². The Hall–Kier alpha value is -0.610. The summed E-state index contributed by atoms with van der Waals surface area (Å²) in [6.07, 6.45) is 3.66. The fraction of sp³-hybridized carbons (Fsp3) is 0. The largest absolute Gasteiger partial charge is 0.239 e. The van der Waals surface area contributed by atoms with Gasteiger partial charge >= 0.3 is 0 Å². The molecular formula is C9H6Br2N2. The molecule has 2 aromatic rings. The van der Waals surface area contributed by atoms with Crippen LogP contribution in [0.4, 0.5) is 0 Å². The van der Waals surface area contributed by atoms with Crippen LogP contribution in [0.2, 0.25) is 0 Å². The first-order valence-corrected chi connectivity index (χ1v) is 5.31. The molecule has 1 heterocycles. The monoisotopic (exact) mass is 300 g/mol. The van der Waals surface area contributed by atoms with Crippen LogP contribution in [-0.4, -0.2) is 9.78 Å². The quantitative estimate of drug-likeness (QED) is 0.789. The lowest BCUT2D eigenvalue weighted by Crippen LogP contribution is -1.96. The number of benzene rings is 1. The molecule has 1 aromatic carbocycles. The Morgan fingerprint density at radius 3 is 2.31 bits per heavy atom. The number of para-hydroxylation sites is 1. The highest BCUT2D eigenvalue weighted by Gasteiger charge is 2.05. The van der Waals surface area contributed by atoms with Crippen molar-refractivity contribution in [2.75, 3.05) is 0 Å². The first kappa shape index (κ1) is 8.97. The first-order valence-electron chi connectivity index (χ1n) is 3.73. The zero-order valence-corrected chi connectivity index (χ0v) is 9.79. The van der Waals surface area contributed by atoms with Gasteiger partial charge in [-0.2, -0.15) is 5.10 Å². The first-order chi connectivity index (χ1) is 6.29. The molecule has 2 rings (SSSR count). The smallest absolute Gasteiger partial charge is 0.0929 e. The van der Waals surface area contributed by atoms with Crippen LogP contribution < -0.4 is 0 Å². The van der Waals surface area contributed by atoms with Gasteiger partial charge < -0.3 is 0 Å². The van der Waals surface area contributed by atoms with Crippen LogP contribution in [0.5, 0.6) is 0 Å². The van der Waals surface area contributed by atoms with Gasteiger partial charge in [-0.05, 0) is 50.1 Å². The van der Waals surface area contributed by atoms with Crippen LogP contribution >= 0.6 is 31.9 Å². The van der Waals surface area contributed by atoms with E-state index in [1.807, 2.05) is 35.1 Å². The average Bonchev–Trinajstić information content (AvgIpc) is 2.57. The maximum Gasteiger partial charge on any atom is 0.0929 e. The van der Waals surface area contributed by atoms with E-state index >= 15 is 0 Å². The molecule has 0 bridgehead atoms. The summed E-state index contributed by atoms with van der Waals surface area (Å²) in [5.41, 5.74) is 1.02. The standard InChI is InChI=1S/C9H6Br2N2/c10-7-3-1-4-8(11)9(7)13-6-2-5-12-13/h1-6H. The Balaban J connectivity index is 2.64. The van der Waals surface area contributed by atoms with Gasteiger partial charge in [0.1, 0.15) is 0 Å². The second-order valence-corrected chi connectivity index (χ2v) is 4.23. The van der Waals surface area contributed by atoms with Crippen molar-refractivity contribution in [1.29, 1.82) is 0 Å². The molecule has 0 saturated carbocycles. The molecule has 4 heteroatoms. The number of aromatic nitrogens is 2. The fourth-order valence-electron chi connectivity index (χ4n) is 1.11. The highest BCUT2D eigenvalue weighted by molar-refractivity contribution is 9.11. The third kappa shape index (κ3) is 1.69. The van der Waals surface area contributed by atoms with Gasteiger partial charge in [-0.25, -0.2) is 4.68 Å². The number of hydrogen-bond donors (Lipinski definition) is 0. The molecule has 0 spiro atoms. The zero-order valence-electron chi connectivity index (χ0n) is 6.61. The summed E-state index contributed by atoms with van der Waals surface area (Å²) < 4.78 is 3.85. The van der Waals surface area contributed by atoms with Crippen molar-refractivity contribution < 1.29 is 0 Å². The van der Waals surface area contributed by atoms with Crippen molar-refractivity contribution in [3.05, 3.63) is 45.6 Å². The highest BCUT2D eigenvalue weighted by Crippen LogP contribution is 2.27. The molecular weight excluding hydrogens is 296 g/mol. The molecule has 0 aliphatic heterocycles. The second kappa shape index (κ2) is 3.64. The summed E-state index contributed by atoms with van der Waals surface area (Å²) in [5, 5.41) is 4.16. The molecule has 66 valence electrons. The molecule has 0 fully saturated rings. The van der Waals surface area contributed by atoms with Gasteiger partial charge in [-0.3, -0.25) is 0 Å². The van der Waals surface area contributed by atoms with Gasteiger partial charge in [0.05, 0.1) is 5.69 Å². The topological polar surface area (TPSA) is 17.8 Å². The summed E-state index contributed by atoms with van der Waals surface area (Å²) in [5.74, 6) is 0. The van der Waals surface area contributed by atoms with Crippen molar-refractivity contribution >= 4 is 31.9 Å². The lowest BCUT2D eigenvalue weighted by molar-refractivity contribution is 0.872. The maximum atomic E-state index is 4.16. The molecule has 0 unspecified atom stereocenters. The van der Waals surface area contributed by atoms with Crippen LogP contribution in [0.1, 0.15) is 0 Å². The summed E-state index contributed by atoms with van der Waals surface area (Å²) in [6, 6.07) is 7.84. The minimum absolute atomic E-state index is 1.02. The van der Waals surface area contributed by atoms with Crippen molar-refractivity contribution in [2.45, 2.75) is 0 Å². The van der Waals surface area contributed by atoms with Crippen molar-refractivity contribution in [1.82, 2.24) is 9.78 Å². The van der Waals surface area contributed by atoms with Gasteiger partial charge in [0, 0.05) is 21.3 Å². The van der Waals surface area contributed by atoms with E-state index in [1.54, 1.807) is 6.20 Å². The van der Waals surface area contributed by atoms with E-state index in [0.717, 1.165) is 14.6 Å². The fourth-order valence-corrected chi connectivity index (χ4v) is 2.47. The van der Waals surface area contributed by atoms with E-state index in [1.165, 1.54) is 0 Å². The van der Waals surface area contributed by atoms with Gasteiger partial charge in [-0.1, -0.05) is 6.07 Å². The molecule has 13 heavy (non-hydrogen) atoms. The molecule has 1 aromatic heterocycles. The number of hydrogen-bond acceptors (Lipinski definition) is 1. The molecule has 0 N–H and O–H groups in total. The van der Waals surface area contributed by atoms with Gasteiger partial charge in [0.15, 0.2) is 0 Å². The Bertz CT molecular complexity index is 389. The minimum atomic E-state index is 1.02. The molecule has 0 aliphatic carbocycles.